The molecule has 16 heavy (non-hydrogen) atoms. The first-order valence-corrected chi connectivity index (χ1v) is 5.95. The summed E-state index contributed by atoms with van der Waals surface area (Å²) in [5.74, 6) is 0.621. The maximum absolute atomic E-state index is 11.7. The minimum Gasteiger partial charge on any atom is -0.444 e. The lowest BCUT2D eigenvalue weighted by atomic mass is 9.76. The number of rotatable bonds is 2. The largest absolute Gasteiger partial charge is 0.444 e. The molecule has 2 aliphatic rings. The van der Waals surface area contributed by atoms with Gasteiger partial charge in [-0.15, -0.1) is 0 Å². The molecule has 2 rings (SSSR count). The van der Waals surface area contributed by atoms with Crippen molar-refractivity contribution >= 4 is 6.09 Å². The number of hydrogen-bond donors (Lipinski definition) is 1. The fourth-order valence-corrected chi connectivity index (χ4v) is 2.35. The molecule has 0 aromatic rings. The summed E-state index contributed by atoms with van der Waals surface area (Å²) in [6.07, 6.45) is 2.14. The van der Waals surface area contributed by atoms with E-state index in [2.05, 4.69) is 0 Å². The number of ether oxygens (including phenoxy) is 1. The van der Waals surface area contributed by atoms with Gasteiger partial charge >= 0.3 is 6.09 Å². The van der Waals surface area contributed by atoms with E-state index in [0.717, 1.165) is 0 Å². The lowest BCUT2D eigenvalue weighted by Gasteiger charge is -2.49. The van der Waals surface area contributed by atoms with Crippen LogP contribution < -0.4 is 0 Å². The van der Waals surface area contributed by atoms with E-state index in [9.17, 15) is 9.90 Å². The van der Waals surface area contributed by atoms with Gasteiger partial charge in [0.25, 0.3) is 0 Å². The van der Waals surface area contributed by atoms with Crippen LogP contribution in [0.25, 0.3) is 0 Å². The van der Waals surface area contributed by atoms with Crippen LogP contribution in [0.3, 0.4) is 0 Å². The minimum absolute atomic E-state index is 0.0170. The molecule has 1 heterocycles. The van der Waals surface area contributed by atoms with E-state index in [1.807, 2.05) is 20.8 Å². The Labute approximate surface area is 96.6 Å². The molecule has 1 aliphatic heterocycles. The van der Waals surface area contributed by atoms with Crippen LogP contribution in [-0.2, 0) is 4.74 Å². The third-order valence-electron chi connectivity index (χ3n) is 3.42. The molecule has 0 aromatic carbocycles. The first-order valence-electron chi connectivity index (χ1n) is 5.95. The SMILES string of the molecule is CC(C)(C)OC(=O)N1CC(CO)(C2CC2)C1. The van der Waals surface area contributed by atoms with Crippen LogP contribution in [0.15, 0.2) is 0 Å². The summed E-state index contributed by atoms with van der Waals surface area (Å²) in [4.78, 5) is 13.4. The van der Waals surface area contributed by atoms with Gasteiger partial charge in [0.1, 0.15) is 5.60 Å². The van der Waals surface area contributed by atoms with Gasteiger partial charge in [0, 0.05) is 18.5 Å². The highest BCUT2D eigenvalue weighted by Crippen LogP contribution is 2.50. The Balaban J connectivity index is 1.85. The van der Waals surface area contributed by atoms with Gasteiger partial charge in [-0.2, -0.15) is 0 Å². The number of carbonyl (C=O) groups is 1. The van der Waals surface area contributed by atoms with Crippen LogP contribution in [0.5, 0.6) is 0 Å². The number of carbonyl (C=O) groups excluding carboxylic acids is 1. The van der Waals surface area contributed by atoms with Crippen molar-refractivity contribution in [2.24, 2.45) is 11.3 Å². The molecule has 0 spiro atoms. The van der Waals surface area contributed by atoms with Gasteiger partial charge in [-0.05, 0) is 39.5 Å². The second-order valence-corrected chi connectivity index (χ2v) is 6.13. The number of likely N-dealkylation sites (tertiary alicyclic amines) is 1. The van der Waals surface area contributed by atoms with E-state index in [1.54, 1.807) is 4.90 Å². The third kappa shape index (κ3) is 2.17. The number of aliphatic hydroxyl groups is 1. The van der Waals surface area contributed by atoms with E-state index < -0.39 is 5.60 Å². The highest BCUT2D eigenvalue weighted by atomic mass is 16.6. The normalized spacial score (nSPS) is 23.9. The molecular formula is C12H21NO3. The standard InChI is InChI=1S/C12H21NO3/c1-11(2,3)16-10(15)13-6-12(7-13,8-14)9-4-5-9/h9,14H,4-8H2,1-3H3. The van der Waals surface area contributed by atoms with Crippen molar-refractivity contribution in [2.45, 2.75) is 39.2 Å². The molecule has 0 radical (unpaired) electrons. The van der Waals surface area contributed by atoms with Gasteiger partial charge < -0.3 is 14.7 Å². The molecule has 2 fully saturated rings. The van der Waals surface area contributed by atoms with Crippen LogP contribution in [0.1, 0.15) is 33.6 Å². The number of aliphatic hydroxyl groups excluding tert-OH is 1. The van der Waals surface area contributed by atoms with Crippen LogP contribution in [0.2, 0.25) is 0 Å². The molecule has 1 saturated carbocycles. The summed E-state index contributed by atoms with van der Waals surface area (Å²) in [6, 6.07) is 0. The van der Waals surface area contributed by atoms with Crippen molar-refractivity contribution in [3.8, 4) is 0 Å². The van der Waals surface area contributed by atoms with E-state index in [4.69, 9.17) is 4.74 Å². The van der Waals surface area contributed by atoms with Gasteiger partial charge in [-0.3, -0.25) is 0 Å². The van der Waals surface area contributed by atoms with Crippen molar-refractivity contribution in [1.82, 2.24) is 4.90 Å². The summed E-state index contributed by atoms with van der Waals surface area (Å²) in [5, 5.41) is 9.40. The molecule has 1 aliphatic carbocycles. The summed E-state index contributed by atoms with van der Waals surface area (Å²) in [7, 11) is 0. The first-order chi connectivity index (χ1) is 7.36. The zero-order chi connectivity index (χ0) is 12.0. The fourth-order valence-electron chi connectivity index (χ4n) is 2.35. The molecule has 4 nitrogen and oxygen atoms in total. The molecule has 4 heteroatoms. The molecule has 0 unspecified atom stereocenters. The average Bonchev–Trinajstić information content (AvgIpc) is 2.83. The summed E-state index contributed by atoms with van der Waals surface area (Å²) < 4.78 is 5.28. The number of nitrogens with zero attached hydrogens (tertiary/aromatic N) is 1. The lowest BCUT2D eigenvalue weighted by Crippen LogP contribution is -2.62. The first kappa shape index (κ1) is 11.7. The van der Waals surface area contributed by atoms with Crippen LogP contribution in [0.4, 0.5) is 4.79 Å². The van der Waals surface area contributed by atoms with E-state index >= 15 is 0 Å². The molecule has 0 atom stereocenters. The number of hydrogen-bond acceptors (Lipinski definition) is 3. The molecule has 1 saturated heterocycles. The zero-order valence-corrected chi connectivity index (χ0v) is 10.3. The summed E-state index contributed by atoms with van der Waals surface area (Å²) in [6.45, 7) is 7.10. The van der Waals surface area contributed by atoms with E-state index in [-0.39, 0.29) is 18.1 Å². The average molecular weight is 227 g/mol. The van der Waals surface area contributed by atoms with Crippen LogP contribution in [0, 0.1) is 11.3 Å². The van der Waals surface area contributed by atoms with E-state index in [0.29, 0.717) is 19.0 Å². The second kappa shape index (κ2) is 3.62. The van der Waals surface area contributed by atoms with Crippen molar-refractivity contribution in [2.75, 3.05) is 19.7 Å². The molecule has 1 amide bonds. The Bertz CT molecular complexity index is 285. The maximum atomic E-state index is 11.7. The quantitative estimate of drug-likeness (QED) is 0.780. The molecular weight excluding hydrogens is 206 g/mol. The highest BCUT2D eigenvalue weighted by molar-refractivity contribution is 5.69. The van der Waals surface area contributed by atoms with Crippen LogP contribution in [-0.4, -0.2) is 41.4 Å². The van der Waals surface area contributed by atoms with Crippen molar-refractivity contribution < 1.29 is 14.6 Å². The van der Waals surface area contributed by atoms with Crippen LogP contribution >= 0.6 is 0 Å². The minimum atomic E-state index is -0.436. The number of amides is 1. The molecule has 1 N–H and O–H groups in total. The molecule has 0 bridgehead atoms. The topological polar surface area (TPSA) is 49.8 Å². The van der Waals surface area contributed by atoms with Gasteiger partial charge in [-0.1, -0.05) is 0 Å². The Kier molecular flexibility index (Phi) is 2.65. The van der Waals surface area contributed by atoms with E-state index in [1.165, 1.54) is 12.8 Å². The second-order valence-electron chi connectivity index (χ2n) is 6.13. The van der Waals surface area contributed by atoms with Crippen molar-refractivity contribution in [3.05, 3.63) is 0 Å². The predicted octanol–water partition coefficient (Wildman–Crippen LogP) is 1.63. The lowest BCUT2D eigenvalue weighted by molar-refractivity contribution is -0.0667. The smallest absolute Gasteiger partial charge is 0.410 e. The van der Waals surface area contributed by atoms with Gasteiger partial charge in [-0.25, -0.2) is 4.79 Å². The van der Waals surface area contributed by atoms with Gasteiger partial charge in [0.05, 0.1) is 6.61 Å². The zero-order valence-electron chi connectivity index (χ0n) is 10.3. The molecule has 0 aromatic heterocycles. The molecule has 92 valence electrons. The monoisotopic (exact) mass is 227 g/mol. The Morgan fingerprint density at radius 1 is 1.44 bits per heavy atom. The maximum Gasteiger partial charge on any atom is 0.410 e. The third-order valence-corrected chi connectivity index (χ3v) is 3.42. The van der Waals surface area contributed by atoms with Gasteiger partial charge in [0.2, 0.25) is 0 Å². The summed E-state index contributed by atoms with van der Waals surface area (Å²) in [5.41, 5.74) is -0.453. The summed E-state index contributed by atoms with van der Waals surface area (Å²) >= 11 is 0. The Hall–Kier alpha value is -0.770. The Morgan fingerprint density at radius 2 is 2.00 bits per heavy atom. The Morgan fingerprint density at radius 3 is 2.38 bits per heavy atom. The van der Waals surface area contributed by atoms with Crippen molar-refractivity contribution in [1.29, 1.82) is 0 Å². The van der Waals surface area contributed by atoms with Gasteiger partial charge in [0.15, 0.2) is 0 Å². The fraction of sp³-hybridized carbons (Fsp3) is 0.917. The van der Waals surface area contributed by atoms with Crippen molar-refractivity contribution in [3.63, 3.8) is 0 Å². The predicted molar refractivity (Wildman–Crippen MR) is 60.0 cm³/mol. The highest BCUT2D eigenvalue weighted by Gasteiger charge is 2.54.